The van der Waals surface area contributed by atoms with Gasteiger partial charge in [-0.05, 0) is 24.3 Å². The van der Waals surface area contributed by atoms with Crippen LogP contribution >= 0.6 is 11.3 Å². The molecular weight excluding hydrogens is 258 g/mol. The number of amides is 1. The number of carbonyl (C=O) groups is 1. The molecule has 0 unspecified atom stereocenters. The molecule has 0 radical (unpaired) electrons. The van der Waals surface area contributed by atoms with Gasteiger partial charge in [-0.1, -0.05) is 12.1 Å². The number of hydrogen-bond donors (Lipinski definition) is 1. The first-order valence-corrected chi connectivity index (χ1v) is 6.79. The van der Waals surface area contributed by atoms with Gasteiger partial charge in [0.25, 0.3) is 5.91 Å². The van der Waals surface area contributed by atoms with E-state index in [1.807, 2.05) is 43.6 Å². The fourth-order valence-electron chi connectivity index (χ4n) is 1.94. The summed E-state index contributed by atoms with van der Waals surface area (Å²) >= 11 is 1.61. The molecule has 3 rings (SSSR count). The van der Waals surface area contributed by atoms with Crippen LogP contribution in [0.1, 0.15) is 15.5 Å². The van der Waals surface area contributed by atoms with Crippen molar-refractivity contribution in [2.75, 3.05) is 0 Å². The van der Waals surface area contributed by atoms with E-state index < -0.39 is 0 Å². The van der Waals surface area contributed by atoms with Crippen molar-refractivity contribution in [2.45, 2.75) is 6.54 Å². The summed E-state index contributed by atoms with van der Waals surface area (Å²) in [5, 5.41) is 3.81. The largest absolute Gasteiger partial charge is 0.347 e. The summed E-state index contributed by atoms with van der Waals surface area (Å²) in [5.41, 5.74) is 1.64. The lowest BCUT2D eigenvalue weighted by Gasteiger charge is -2.03. The molecule has 2 heterocycles. The summed E-state index contributed by atoms with van der Waals surface area (Å²) in [4.78, 5) is 16.4. The third-order valence-electron chi connectivity index (χ3n) is 2.91. The van der Waals surface area contributed by atoms with E-state index in [1.165, 1.54) is 0 Å². The van der Waals surface area contributed by atoms with Crippen molar-refractivity contribution in [2.24, 2.45) is 7.05 Å². The van der Waals surface area contributed by atoms with Gasteiger partial charge < -0.3 is 9.88 Å². The minimum absolute atomic E-state index is 0.0771. The van der Waals surface area contributed by atoms with E-state index >= 15 is 0 Å². The summed E-state index contributed by atoms with van der Waals surface area (Å²) in [6, 6.07) is 11.6. The number of fused-ring (bicyclic) bond motifs is 1. The average Bonchev–Trinajstić information content (AvgIpc) is 3.01. The SMILES string of the molecule is Cn1cccc1C(=O)NCc1nc2ccccc2s1. The summed E-state index contributed by atoms with van der Waals surface area (Å²) in [5.74, 6) is -0.0771. The molecule has 0 aliphatic carbocycles. The van der Waals surface area contributed by atoms with Gasteiger partial charge in [-0.2, -0.15) is 0 Å². The van der Waals surface area contributed by atoms with Crippen molar-refractivity contribution >= 4 is 27.5 Å². The molecule has 0 bridgehead atoms. The van der Waals surface area contributed by atoms with Crippen molar-refractivity contribution < 1.29 is 4.79 Å². The molecule has 0 atom stereocenters. The summed E-state index contributed by atoms with van der Waals surface area (Å²) in [6.45, 7) is 0.462. The molecule has 0 saturated carbocycles. The molecule has 4 nitrogen and oxygen atoms in total. The van der Waals surface area contributed by atoms with E-state index in [2.05, 4.69) is 10.3 Å². The Hall–Kier alpha value is -2.14. The van der Waals surface area contributed by atoms with Crippen molar-refractivity contribution in [3.05, 3.63) is 53.3 Å². The normalized spacial score (nSPS) is 10.8. The predicted molar refractivity (Wildman–Crippen MR) is 76.2 cm³/mol. The third-order valence-corrected chi connectivity index (χ3v) is 3.95. The lowest BCUT2D eigenvalue weighted by Crippen LogP contribution is -2.24. The minimum atomic E-state index is -0.0771. The minimum Gasteiger partial charge on any atom is -0.347 e. The van der Waals surface area contributed by atoms with Crippen LogP contribution in [0.3, 0.4) is 0 Å². The Morgan fingerprint density at radius 1 is 1.32 bits per heavy atom. The van der Waals surface area contributed by atoms with E-state index in [0.717, 1.165) is 15.2 Å². The molecule has 0 fully saturated rings. The number of aromatic nitrogens is 2. The average molecular weight is 271 g/mol. The number of nitrogens with zero attached hydrogens (tertiary/aromatic N) is 2. The second-order valence-electron chi connectivity index (χ2n) is 4.26. The van der Waals surface area contributed by atoms with E-state index in [9.17, 15) is 4.79 Å². The Morgan fingerprint density at radius 3 is 2.89 bits per heavy atom. The number of benzene rings is 1. The molecule has 0 aliphatic heterocycles. The van der Waals surface area contributed by atoms with Crippen LogP contribution in [-0.4, -0.2) is 15.5 Å². The maximum Gasteiger partial charge on any atom is 0.268 e. The van der Waals surface area contributed by atoms with Crippen LogP contribution in [0.25, 0.3) is 10.2 Å². The summed E-state index contributed by atoms with van der Waals surface area (Å²) < 4.78 is 2.94. The molecule has 1 amide bonds. The fourth-order valence-corrected chi connectivity index (χ4v) is 2.85. The quantitative estimate of drug-likeness (QED) is 0.796. The van der Waals surface area contributed by atoms with E-state index in [-0.39, 0.29) is 5.91 Å². The Morgan fingerprint density at radius 2 is 2.16 bits per heavy atom. The van der Waals surface area contributed by atoms with Crippen molar-refractivity contribution in [1.29, 1.82) is 0 Å². The second-order valence-corrected chi connectivity index (χ2v) is 5.38. The highest BCUT2D eigenvalue weighted by atomic mass is 32.1. The maximum absolute atomic E-state index is 12.0. The third kappa shape index (κ3) is 2.37. The number of aryl methyl sites for hydroxylation is 1. The number of rotatable bonds is 3. The Balaban J connectivity index is 1.72. The molecule has 96 valence electrons. The monoisotopic (exact) mass is 271 g/mol. The van der Waals surface area contributed by atoms with Gasteiger partial charge >= 0.3 is 0 Å². The Kier molecular flexibility index (Phi) is 3.05. The maximum atomic E-state index is 12.0. The number of para-hydroxylation sites is 1. The number of thiazole rings is 1. The fraction of sp³-hybridized carbons (Fsp3) is 0.143. The van der Waals surface area contributed by atoms with Crippen LogP contribution < -0.4 is 5.32 Å². The predicted octanol–water partition coefficient (Wildman–Crippen LogP) is 2.56. The molecule has 3 aromatic rings. The van der Waals surface area contributed by atoms with E-state index in [1.54, 1.807) is 22.0 Å². The van der Waals surface area contributed by atoms with Gasteiger partial charge in [0, 0.05) is 13.2 Å². The standard InChI is InChI=1S/C14H13N3OS/c1-17-8-4-6-11(17)14(18)15-9-13-16-10-5-2-3-7-12(10)19-13/h2-8H,9H2,1H3,(H,15,18). The molecule has 1 aromatic carbocycles. The smallest absolute Gasteiger partial charge is 0.268 e. The second kappa shape index (κ2) is 4.85. The van der Waals surface area contributed by atoms with Crippen LogP contribution in [0.5, 0.6) is 0 Å². The van der Waals surface area contributed by atoms with Gasteiger partial charge in [-0.15, -0.1) is 11.3 Å². The van der Waals surface area contributed by atoms with Crippen molar-refractivity contribution in [1.82, 2.24) is 14.9 Å². The van der Waals surface area contributed by atoms with Gasteiger partial charge in [-0.3, -0.25) is 4.79 Å². The first kappa shape index (κ1) is 11.9. The lowest BCUT2D eigenvalue weighted by atomic mass is 10.3. The molecule has 2 aromatic heterocycles. The zero-order chi connectivity index (χ0) is 13.2. The van der Waals surface area contributed by atoms with Crippen LogP contribution in [0.2, 0.25) is 0 Å². The zero-order valence-electron chi connectivity index (χ0n) is 10.5. The van der Waals surface area contributed by atoms with Crippen LogP contribution in [0.15, 0.2) is 42.6 Å². The molecule has 19 heavy (non-hydrogen) atoms. The molecule has 0 saturated heterocycles. The van der Waals surface area contributed by atoms with Crippen LogP contribution in [-0.2, 0) is 13.6 Å². The zero-order valence-corrected chi connectivity index (χ0v) is 11.3. The topological polar surface area (TPSA) is 46.9 Å². The molecular formula is C14H13N3OS. The lowest BCUT2D eigenvalue weighted by molar-refractivity contribution is 0.0943. The van der Waals surface area contributed by atoms with Crippen LogP contribution in [0.4, 0.5) is 0 Å². The van der Waals surface area contributed by atoms with Gasteiger partial charge in [0.1, 0.15) is 10.7 Å². The highest BCUT2D eigenvalue weighted by molar-refractivity contribution is 7.18. The Bertz CT molecular complexity index is 696. The van der Waals surface area contributed by atoms with Crippen molar-refractivity contribution in [3.8, 4) is 0 Å². The van der Waals surface area contributed by atoms with Crippen molar-refractivity contribution in [3.63, 3.8) is 0 Å². The summed E-state index contributed by atoms with van der Waals surface area (Å²) in [6.07, 6.45) is 1.85. The number of hydrogen-bond acceptors (Lipinski definition) is 3. The molecule has 0 aliphatic rings. The summed E-state index contributed by atoms with van der Waals surface area (Å²) in [7, 11) is 1.85. The highest BCUT2D eigenvalue weighted by Crippen LogP contribution is 2.21. The first-order valence-electron chi connectivity index (χ1n) is 5.98. The molecule has 0 spiro atoms. The molecule has 1 N–H and O–H groups in total. The first-order chi connectivity index (χ1) is 9.24. The highest BCUT2D eigenvalue weighted by Gasteiger charge is 2.09. The number of carbonyl (C=O) groups excluding carboxylic acids is 1. The van der Waals surface area contributed by atoms with Gasteiger partial charge in [0.15, 0.2) is 0 Å². The molecule has 5 heteroatoms. The van der Waals surface area contributed by atoms with Gasteiger partial charge in [0.05, 0.1) is 16.8 Å². The van der Waals surface area contributed by atoms with Gasteiger partial charge in [0.2, 0.25) is 0 Å². The number of nitrogens with one attached hydrogen (secondary N) is 1. The van der Waals surface area contributed by atoms with Crippen LogP contribution in [0, 0.1) is 0 Å². The Labute approximate surface area is 114 Å². The van der Waals surface area contributed by atoms with Gasteiger partial charge in [-0.25, -0.2) is 4.98 Å². The van der Waals surface area contributed by atoms with E-state index in [4.69, 9.17) is 0 Å². The van der Waals surface area contributed by atoms with E-state index in [0.29, 0.717) is 12.2 Å².